The zero-order chi connectivity index (χ0) is 22.2. The highest BCUT2D eigenvalue weighted by molar-refractivity contribution is 5.47. The lowest BCUT2D eigenvalue weighted by atomic mass is 9.80. The first kappa shape index (κ1) is 21.5. The van der Waals surface area contributed by atoms with E-state index >= 15 is 0 Å². The monoisotopic (exact) mass is 427 g/mol. The Morgan fingerprint density at radius 3 is 1.81 bits per heavy atom. The molecule has 32 heavy (non-hydrogen) atoms. The molecule has 1 heterocycles. The van der Waals surface area contributed by atoms with Gasteiger partial charge in [-0.1, -0.05) is 91.0 Å². The van der Waals surface area contributed by atoms with Gasteiger partial charge >= 0.3 is 5.69 Å². The number of rotatable bonds is 9. The third-order valence-electron chi connectivity index (χ3n) is 5.22. The predicted octanol–water partition coefficient (Wildman–Crippen LogP) is 3.55. The maximum Gasteiger partial charge on any atom is 0.346 e. The van der Waals surface area contributed by atoms with Crippen molar-refractivity contribution in [2.75, 3.05) is 18.5 Å². The van der Waals surface area contributed by atoms with Crippen LogP contribution >= 0.6 is 0 Å². The first-order valence-electron chi connectivity index (χ1n) is 10.5. The molecule has 1 atom stereocenters. The minimum atomic E-state index is -0.896. The summed E-state index contributed by atoms with van der Waals surface area (Å²) in [5, 5.41) is 13.7. The first-order valence-corrected chi connectivity index (χ1v) is 10.5. The van der Waals surface area contributed by atoms with Crippen LogP contribution in [0, 0.1) is 0 Å². The van der Waals surface area contributed by atoms with Gasteiger partial charge in [0.1, 0.15) is 11.4 Å². The number of aromatic amines is 1. The van der Waals surface area contributed by atoms with E-state index in [-0.39, 0.29) is 13.2 Å². The van der Waals surface area contributed by atoms with Crippen LogP contribution < -0.4 is 11.0 Å². The van der Waals surface area contributed by atoms with Crippen molar-refractivity contribution in [2.24, 2.45) is 0 Å². The van der Waals surface area contributed by atoms with Gasteiger partial charge in [0.15, 0.2) is 0 Å². The van der Waals surface area contributed by atoms with Crippen molar-refractivity contribution >= 4 is 5.82 Å². The number of ether oxygens (including phenoxy) is 1. The van der Waals surface area contributed by atoms with Gasteiger partial charge in [0.25, 0.3) is 0 Å². The Bertz CT molecular complexity index is 1070. The van der Waals surface area contributed by atoms with E-state index in [1.165, 1.54) is 6.20 Å². The SMILES string of the molecule is O=c1nc(NCC(O)COC(c2ccccc2)(c2ccccc2)c2ccccc2)cc[nH]1. The smallest absolute Gasteiger partial charge is 0.346 e. The molecule has 162 valence electrons. The summed E-state index contributed by atoms with van der Waals surface area (Å²) in [6.45, 7) is 0.250. The number of aromatic nitrogens is 2. The molecule has 0 aliphatic carbocycles. The van der Waals surface area contributed by atoms with Crippen LogP contribution in [0.2, 0.25) is 0 Å². The molecule has 0 radical (unpaired) electrons. The number of nitrogens with one attached hydrogen (secondary N) is 2. The molecule has 0 spiro atoms. The molecule has 1 unspecified atom stereocenters. The number of hydrogen-bond acceptors (Lipinski definition) is 5. The fraction of sp³-hybridized carbons (Fsp3) is 0.154. The van der Waals surface area contributed by atoms with Crippen molar-refractivity contribution < 1.29 is 9.84 Å². The van der Waals surface area contributed by atoms with Crippen LogP contribution in [0.3, 0.4) is 0 Å². The van der Waals surface area contributed by atoms with E-state index < -0.39 is 17.4 Å². The number of benzene rings is 3. The Morgan fingerprint density at radius 2 is 1.34 bits per heavy atom. The maximum atomic E-state index is 11.4. The number of aliphatic hydroxyl groups excluding tert-OH is 1. The van der Waals surface area contributed by atoms with Gasteiger partial charge in [-0.2, -0.15) is 4.98 Å². The fourth-order valence-electron chi connectivity index (χ4n) is 3.74. The average molecular weight is 428 g/mol. The summed E-state index contributed by atoms with van der Waals surface area (Å²) in [5.74, 6) is 0.397. The van der Waals surface area contributed by atoms with Gasteiger partial charge < -0.3 is 20.1 Å². The van der Waals surface area contributed by atoms with E-state index in [9.17, 15) is 9.90 Å². The highest BCUT2D eigenvalue weighted by atomic mass is 16.5. The van der Waals surface area contributed by atoms with Crippen LogP contribution in [-0.2, 0) is 10.3 Å². The topological polar surface area (TPSA) is 87.2 Å². The normalized spacial score (nSPS) is 12.3. The van der Waals surface area contributed by atoms with E-state index in [1.54, 1.807) is 6.07 Å². The number of aliphatic hydroxyl groups is 1. The molecule has 6 heteroatoms. The Balaban J connectivity index is 1.64. The molecule has 4 aromatic rings. The van der Waals surface area contributed by atoms with E-state index in [4.69, 9.17) is 4.74 Å². The third-order valence-corrected chi connectivity index (χ3v) is 5.22. The number of anilines is 1. The molecule has 1 aromatic heterocycles. The summed E-state index contributed by atoms with van der Waals surface area (Å²) < 4.78 is 6.58. The molecule has 4 rings (SSSR count). The van der Waals surface area contributed by atoms with Crippen LogP contribution in [0.25, 0.3) is 0 Å². The lowest BCUT2D eigenvalue weighted by molar-refractivity contribution is -0.0340. The zero-order valence-corrected chi connectivity index (χ0v) is 17.5. The standard InChI is InChI=1S/C26H25N3O3/c30-23(18-28-24-16-17-27-25(31)29-24)19-32-26(20-10-4-1-5-11-20,21-12-6-2-7-13-21)22-14-8-3-9-15-22/h1-17,23,30H,18-19H2,(H2,27,28,29,31). The van der Waals surface area contributed by atoms with Crippen LogP contribution in [-0.4, -0.2) is 34.3 Å². The second-order valence-corrected chi connectivity index (χ2v) is 7.40. The van der Waals surface area contributed by atoms with Crippen molar-refractivity contribution in [1.82, 2.24) is 9.97 Å². The number of H-pyrrole nitrogens is 1. The van der Waals surface area contributed by atoms with Crippen molar-refractivity contribution in [3.05, 3.63) is 130 Å². The van der Waals surface area contributed by atoms with Gasteiger partial charge in [0.2, 0.25) is 0 Å². The van der Waals surface area contributed by atoms with Gasteiger partial charge in [-0.15, -0.1) is 0 Å². The van der Waals surface area contributed by atoms with Gasteiger partial charge in [-0.3, -0.25) is 0 Å². The maximum absolute atomic E-state index is 11.4. The molecule has 0 saturated carbocycles. The Morgan fingerprint density at radius 1 is 0.844 bits per heavy atom. The molecular weight excluding hydrogens is 402 g/mol. The first-order chi connectivity index (χ1) is 15.7. The van der Waals surface area contributed by atoms with E-state index in [0.29, 0.717) is 5.82 Å². The minimum absolute atomic E-state index is 0.0644. The van der Waals surface area contributed by atoms with Crippen LogP contribution in [0.15, 0.2) is 108 Å². The largest absolute Gasteiger partial charge is 0.389 e. The molecule has 6 nitrogen and oxygen atoms in total. The molecule has 0 bridgehead atoms. The Hall–Kier alpha value is -3.74. The molecule has 3 N–H and O–H groups in total. The highest BCUT2D eigenvalue weighted by Gasteiger charge is 2.37. The second-order valence-electron chi connectivity index (χ2n) is 7.40. The lowest BCUT2D eigenvalue weighted by Gasteiger charge is -2.36. The average Bonchev–Trinajstić information content (AvgIpc) is 2.85. The summed E-state index contributed by atoms with van der Waals surface area (Å²) in [7, 11) is 0. The summed E-state index contributed by atoms with van der Waals surface area (Å²) in [6, 6.07) is 31.6. The third kappa shape index (κ3) is 4.77. The molecule has 0 saturated heterocycles. The van der Waals surface area contributed by atoms with Crippen LogP contribution in [0.1, 0.15) is 16.7 Å². The Labute approximate surface area is 186 Å². The molecule has 0 amide bonds. The molecule has 0 aliphatic heterocycles. The van der Waals surface area contributed by atoms with E-state index in [2.05, 4.69) is 15.3 Å². The zero-order valence-electron chi connectivity index (χ0n) is 17.5. The van der Waals surface area contributed by atoms with Crippen molar-refractivity contribution in [3.63, 3.8) is 0 Å². The van der Waals surface area contributed by atoms with Crippen molar-refractivity contribution in [3.8, 4) is 0 Å². The fourth-order valence-corrected chi connectivity index (χ4v) is 3.74. The van der Waals surface area contributed by atoms with Crippen molar-refractivity contribution in [2.45, 2.75) is 11.7 Å². The molecule has 3 aromatic carbocycles. The summed E-state index contributed by atoms with van der Waals surface area (Å²) >= 11 is 0. The van der Waals surface area contributed by atoms with E-state index in [0.717, 1.165) is 16.7 Å². The van der Waals surface area contributed by atoms with Gasteiger partial charge in [0.05, 0.1) is 12.7 Å². The predicted molar refractivity (Wildman–Crippen MR) is 125 cm³/mol. The van der Waals surface area contributed by atoms with Crippen LogP contribution in [0.4, 0.5) is 5.82 Å². The number of nitrogens with zero attached hydrogens (tertiary/aromatic N) is 1. The minimum Gasteiger partial charge on any atom is -0.389 e. The quantitative estimate of drug-likeness (QED) is 0.356. The Kier molecular flexibility index (Phi) is 6.75. The van der Waals surface area contributed by atoms with Gasteiger partial charge in [-0.05, 0) is 22.8 Å². The number of hydrogen-bond donors (Lipinski definition) is 3. The van der Waals surface area contributed by atoms with Crippen molar-refractivity contribution in [1.29, 1.82) is 0 Å². The summed E-state index contributed by atoms with van der Waals surface area (Å²) in [5.41, 5.74) is 1.56. The molecule has 0 aliphatic rings. The second kappa shape index (κ2) is 10.0. The van der Waals surface area contributed by atoms with Gasteiger partial charge in [0, 0.05) is 12.7 Å². The van der Waals surface area contributed by atoms with Gasteiger partial charge in [-0.25, -0.2) is 4.79 Å². The summed E-state index contributed by atoms with van der Waals surface area (Å²) in [4.78, 5) is 17.7. The summed E-state index contributed by atoms with van der Waals surface area (Å²) in [6.07, 6.45) is 0.679. The van der Waals surface area contributed by atoms with E-state index in [1.807, 2.05) is 91.0 Å². The van der Waals surface area contributed by atoms with Crippen LogP contribution in [0.5, 0.6) is 0 Å². The molecule has 0 fully saturated rings. The lowest BCUT2D eigenvalue weighted by Crippen LogP contribution is -2.37. The molecular formula is C26H25N3O3. The highest BCUT2D eigenvalue weighted by Crippen LogP contribution is 2.40.